The van der Waals surface area contributed by atoms with Crippen molar-refractivity contribution in [2.75, 3.05) is 22.8 Å². The molecule has 3 aromatic rings. The standard InChI is InChI=1S/C24H23N3O7S/c1-3-26(19-7-5-4-6-8-19)35(32,33)21-12-9-18(10-13-21)24(29)34-16-23(28)25-22-14-11-20(27(30)31)15-17(22)2/h4-15H,3,16H2,1-2H3,(H,25,28). The van der Waals surface area contributed by atoms with E-state index in [0.717, 1.165) is 0 Å². The van der Waals surface area contributed by atoms with Crippen LogP contribution in [0, 0.1) is 17.0 Å². The Morgan fingerprint density at radius 1 is 1.03 bits per heavy atom. The second-order valence-corrected chi connectivity index (χ2v) is 9.27. The predicted molar refractivity (Wildman–Crippen MR) is 130 cm³/mol. The number of nitro benzene ring substituents is 1. The van der Waals surface area contributed by atoms with Gasteiger partial charge in [0.1, 0.15) is 0 Å². The summed E-state index contributed by atoms with van der Waals surface area (Å²) >= 11 is 0. The number of carbonyl (C=O) groups is 2. The number of ether oxygens (including phenoxy) is 1. The minimum Gasteiger partial charge on any atom is -0.452 e. The van der Waals surface area contributed by atoms with Gasteiger partial charge >= 0.3 is 5.97 Å². The molecule has 1 amide bonds. The van der Waals surface area contributed by atoms with E-state index in [9.17, 15) is 28.1 Å². The van der Waals surface area contributed by atoms with Gasteiger partial charge in [-0.25, -0.2) is 13.2 Å². The zero-order valence-corrected chi connectivity index (χ0v) is 19.8. The Bertz CT molecular complexity index is 1340. The summed E-state index contributed by atoms with van der Waals surface area (Å²) in [7, 11) is -3.84. The normalized spacial score (nSPS) is 10.9. The maximum absolute atomic E-state index is 13.0. The molecule has 0 saturated carbocycles. The summed E-state index contributed by atoms with van der Waals surface area (Å²) in [5, 5.41) is 13.3. The maximum Gasteiger partial charge on any atom is 0.338 e. The summed E-state index contributed by atoms with van der Waals surface area (Å²) in [5.74, 6) is -1.43. The topological polar surface area (TPSA) is 136 Å². The van der Waals surface area contributed by atoms with Crippen molar-refractivity contribution in [1.29, 1.82) is 0 Å². The first kappa shape index (κ1) is 25.4. The van der Waals surface area contributed by atoms with Gasteiger partial charge in [-0.3, -0.25) is 19.2 Å². The molecule has 0 aliphatic rings. The molecule has 0 fully saturated rings. The largest absolute Gasteiger partial charge is 0.452 e. The third-order valence-electron chi connectivity index (χ3n) is 5.04. The van der Waals surface area contributed by atoms with Crippen LogP contribution in [0.3, 0.4) is 0 Å². The lowest BCUT2D eigenvalue weighted by Crippen LogP contribution is -2.30. The summed E-state index contributed by atoms with van der Waals surface area (Å²) in [4.78, 5) is 34.7. The predicted octanol–water partition coefficient (Wildman–Crippen LogP) is 3.91. The molecular formula is C24H23N3O7S. The van der Waals surface area contributed by atoms with E-state index in [1.807, 2.05) is 0 Å². The Labute approximate surface area is 202 Å². The van der Waals surface area contributed by atoms with Gasteiger partial charge in [0.15, 0.2) is 6.61 Å². The number of para-hydroxylation sites is 1. The number of esters is 1. The zero-order chi connectivity index (χ0) is 25.6. The number of nitrogens with one attached hydrogen (secondary N) is 1. The molecule has 0 aliphatic heterocycles. The van der Waals surface area contributed by atoms with Gasteiger partial charge in [-0.05, 0) is 61.9 Å². The van der Waals surface area contributed by atoms with Gasteiger partial charge in [0.25, 0.3) is 21.6 Å². The Kier molecular flexibility index (Phi) is 7.82. The van der Waals surface area contributed by atoms with Crippen LogP contribution in [0.2, 0.25) is 0 Å². The number of non-ortho nitro benzene ring substituents is 1. The number of rotatable bonds is 9. The molecule has 0 unspecified atom stereocenters. The van der Waals surface area contributed by atoms with E-state index < -0.39 is 33.4 Å². The number of nitrogens with zero attached hydrogens (tertiary/aromatic N) is 2. The van der Waals surface area contributed by atoms with E-state index in [1.54, 1.807) is 44.2 Å². The van der Waals surface area contributed by atoms with Crippen LogP contribution in [0.5, 0.6) is 0 Å². The highest BCUT2D eigenvalue weighted by atomic mass is 32.2. The maximum atomic E-state index is 13.0. The van der Waals surface area contributed by atoms with E-state index >= 15 is 0 Å². The van der Waals surface area contributed by atoms with Gasteiger partial charge in [-0.1, -0.05) is 18.2 Å². The molecule has 0 aliphatic carbocycles. The van der Waals surface area contributed by atoms with Crippen molar-refractivity contribution < 1.29 is 27.7 Å². The van der Waals surface area contributed by atoms with E-state index in [2.05, 4.69) is 5.32 Å². The minimum atomic E-state index is -3.84. The number of carbonyl (C=O) groups excluding carboxylic acids is 2. The number of nitro groups is 1. The van der Waals surface area contributed by atoms with Gasteiger partial charge in [-0.2, -0.15) is 0 Å². The molecule has 3 rings (SSSR count). The van der Waals surface area contributed by atoms with Crippen LogP contribution < -0.4 is 9.62 Å². The average molecular weight is 498 g/mol. The van der Waals surface area contributed by atoms with Crippen molar-refractivity contribution in [3.05, 3.63) is 94.0 Å². The molecule has 3 aromatic carbocycles. The second-order valence-electron chi connectivity index (χ2n) is 7.41. The number of anilines is 2. The van der Waals surface area contributed by atoms with Crippen molar-refractivity contribution >= 4 is 39.0 Å². The van der Waals surface area contributed by atoms with Crippen LogP contribution in [-0.4, -0.2) is 38.4 Å². The summed E-state index contributed by atoms with van der Waals surface area (Å²) in [5.41, 5.74) is 1.32. The lowest BCUT2D eigenvalue weighted by atomic mass is 10.2. The van der Waals surface area contributed by atoms with Crippen LogP contribution in [0.4, 0.5) is 17.1 Å². The van der Waals surface area contributed by atoms with Crippen LogP contribution >= 0.6 is 0 Å². The Morgan fingerprint density at radius 3 is 2.26 bits per heavy atom. The molecule has 10 nitrogen and oxygen atoms in total. The first-order valence-corrected chi connectivity index (χ1v) is 12.0. The number of sulfonamides is 1. The molecule has 0 heterocycles. The molecule has 11 heteroatoms. The molecule has 0 spiro atoms. The Balaban J connectivity index is 1.63. The SMILES string of the molecule is CCN(c1ccccc1)S(=O)(=O)c1ccc(C(=O)OCC(=O)Nc2ccc([N+](=O)[O-])cc2C)cc1. The lowest BCUT2D eigenvalue weighted by Gasteiger charge is -2.22. The highest BCUT2D eigenvalue weighted by Gasteiger charge is 2.24. The monoisotopic (exact) mass is 497 g/mol. The highest BCUT2D eigenvalue weighted by Crippen LogP contribution is 2.24. The third kappa shape index (κ3) is 6.01. The summed E-state index contributed by atoms with van der Waals surface area (Å²) in [6.07, 6.45) is 0. The lowest BCUT2D eigenvalue weighted by molar-refractivity contribution is -0.384. The fourth-order valence-corrected chi connectivity index (χ4v) is 4.75. The molecule has 0 atom stereocenters. The van der Waals surface area contributed by atoms with Crippen LogP contribution in [-0.2, 0) is 19.6 Å². The Morgan fingerprint density at radius 2 is 1.69 bits per heavy atom. The van der Waals surface area contributed by atoms with E-state index in [0.29, 0.717) is 16.9 Å². The molecular weight excluding hydrogens is 474 g/mol. The van der Waals surface area contributed by atoms with Gasteiger partial charge in [0.2, 0.25) is 0 Å². The van der Waals surface area contributed by atoms with Crippen LogP contribution in [0.1, 0.15) is 22.8 Å². The van der Waals surface area contributed by atoms with Crippen molar-refractivity contribution in [2.24, 2.45) is 0 Å². The summed E-state index contributed by atoms with van der Waals surface area (Å²) in [6, 6.07) is 17.8. The molecule has 0 aromatic heterocycles. The number of hydrogen-bond acceptors (Lipinski definition) is 7. The zero-order valence-electron chi connectivity index (χ0n) is 19.0. The average Bonchev–Trinajstić information content (AvgIpc) is 2.84. The molecule has 182 valence electrons. The molecule has 35 heavy (non-hydrogen) atoms. The number of aryl methyl sites for hydroxylation is 1. The second kappa shape index (κ2) is 10.8. The quantitative estimate of drug-likeness (QED) is 0.269. The van der Waals surface area contributed by atoms with Crippen LogP contribution in [0.25, 0.3) is 0 Å². The van der Waals surface area contributed by atoms with Gasteiger partial charge in [-0.15, -0.1) is 0 Å². The van der Waals surface area contributed by atoms with E-state index in [-0.39, 0.29) is 22.7 Å². The fourth-order valence-electron chi connectivity index (χ4n) is 3.28. The van der Waals surface area contributed by atoms with Crippen molar-refractivity contribution in [3.63, 3.8) is 0 Å². The summed E-state index contributed by atoms with van der Waals surface area (Å²) in [6.45, 7) is 2.95. The summed E-state index contributed by atoms with van der Waals surface area (Å²) < 4.78 is 32.3. The molecule has 0 radical (unpaired) electrons. The van der Waals surface area contributed by atoms with Crippen molar-refractivity contribution in [2.45, 2.75) is 18.7 Å². The number of benzene rings is 3. The minimum absolute atomic E-state index is 0.00569. The van der Waals surface area contributed by atoms with E-state index in [4.69, 9.17) is 4.74 Å². The highest BCUT2D eigenvalue weighted by molar-refractivity contribution is 7.92. The van der Waals surface area contributed by atoms with Crippen molar-refractivity contribution in [1.82, 2.24) is 0 Å². The third-order valence-corrected chi connectivity index (χ3v) is 6.96. The van der Waals surface area contributed by atoms with E-state index in [1.165, 1.54) is 46.8 Å². The molecule has 0 bridgehead atoms. The smallest absolute Gasteiger partial charge is 0.338 e. The van der Waals surface area contributed by atoms with Gasteiger partial charge in [0, 0.05) is 24.4 Å². The van der Waals surface area contributed by atoms with Crippen LogP contribution in [0.15, 0.2) is 77.7 Å². The Hall–Kier alpha value is -4.25. The number of amides is 1. The molecule has 1 N–H and O–H groups in total. The first-order valence-electron chi connectivity index (χ1n) is 10.5. The number of hydrogen-bond donors (Lipinski definition) is 1. The van der Waals surface area contributed by atoms with Crippen molar-refractivity contribution in [3.8, 4) is 0 Å². The fraction of sp³-hybridized carbons (Fsp3) is 0.167. The van der Waals surface area contributed by atoms with Gasteiger partial charge < -0.3 is 10.1 Å². The van der Waals surface area contributed by atoms with Gasteiger partial charge in [0.05, 0.1) is 21.1 Å². The first-order chi connectivity index (χ1) is 16.6. The molecule has 0 saturated heterocycles.